The van der Waals surface area contributed by atoms with Gasteiger partial charge in [0.05, 0.1) is 12.2 Å². The molecule has 5 heteroatoms. The lowest BCUT2D eigenvalue weighted by Crippen LogP contribution is -2.28. The van der Waals surface area contributed by atoms with Crippen molar-refractivity contribution in [1.29, 1.82) is 0 Å². The van der Waals surface area contributed by atoms with Crippen LogP contribution in [0.25, 0.3) is 0 Å². The average Bonchev–Trinajstić information content (AvgIpc) is 3.42. The van der Waals surface area contributed by atoms with E-state index in [4.69, 9.17) is 9.47 Å². The van der Waals surface area contributed by atoms with Crippen LogP contribution >= 0.6 is 0 Å². The summed E-state index contributed by atoms with van der Waals surface area (Å²) >= 11 is 0. The average molecular weight is 324 g/mol. The fraction of sp³-hybridized carbons (Fsp3) is 0.368. The molecule has 0 saturated heterocycles. The van der Waals surface area contributed by atoms with Crippen molar-refractivity contribution in [1.82, 2.24) is 9.88 Å². The van der Waals surface area contributed by atoms with Crippen LogP contribution in [0.5, 0.6) is 11.5 Å². The van der Waals surface area contributed by atoms with E-state index < -0.39 is 0 Å². The van der Waals surface area contributed by atoms with Crippen molar-refractivity contribution in [3.8, 4) is 11.5 Å². The number of aromatic nitrogens is 1. The maximum Gasteiger partial charge on any atom is 0.226 e. The number of ether oxygens (including phenoxy) is 2. The second kappa shape index (κ2) is 6.15. The number of carbonyl (C=O) groups is 1. The van der Waals surface area contributed by atoms with Gasteiger partial charge >= 0.3 is 0 Å². The Hall–Kier alpha value is -2.56. The van der Waals surface area contributed by atoms with Gasteiger partial charge in [-0.25, -0.2) is 0 Å². The van der Waals surface area contributed by atoms with Gasteiger partial charge in [-0.15, -0.1) is 0 Å². The fourth-order valence-electron chi connectivity index (χ4n) is 3.22. The van der Waals surface area contributed by atoms with E-state index in [0.717, 1.165) is 29.2 Å². The third-order valence-corrected chi connectivity index (χ3v) is 4.60. The number of hydrogen-bond donors (Lipinski definition) is 0. The van der Waals surface area contributed by atoms with Gasteiger partial charge in [0.15, 0.2) is 11.5 Å². The first-order valence-corrected chi connectivity index (χ1v) is 8.27. The number of fused-ring (bicyclic) bond motifs is 1. The van der Waals surface area contributed by atoms with E-state index in [-0.39, 0.29) is 17.7 Å². The second-order valence-corrected chi connectivity index (χ2v) is 6.37. The van der Waals surface area contributed by atoms with Gasteiger partial charge in [-0.3, -0.25) is 9.78 Å². The van der Waals surface area contributed by atoms with Crippen molar-refractivity contribution in [3.63, 3.8) is 0 Å². The Morgan fingerprint density at radius 1 is 1.21 bits per heavy atom. The van der Waals surface area contributed by atoms with Gasteiger partial charge in [0.1, 0.15) is 13.2 Å². The lowest BCUT2D eigenvalue weighted by atomic mass is 10.1. The van der Waals surface area contributed by atoms with Gasteiger partial charge in [0, 0.05) is 19.2 Å². The van der Waals surface area contributed by atoms with Crippen LogP contribution in [0.3, 0.4) is 0 Å². The monoisotopic (exact) mass is 324 g/mol. The highest BCUT2D eigenvalue weighted by atomic mass is 16.6. The first kappa shape index (κ1) is 15.0. The van der Waals surface area contributed by atoms with E-state index in [1.54, 1.807) is 11.1 Å². The maximum atomic E-state index is 12.6. The Bertz CT molecular complexity index is 748. The van der Waals surface area contributed by atoms with Crippen LogP contribution in [0, 0.1) is 5.92 Å². The minimum Gasteiger partial charge on any atom is -0.486 e. The first-order valence-electron chi connectivity index (χ1n) is 8.27. The molecule has 4 rings (SSSR count). The third kappa shape index (κ3) is 2.94. The van der Waals surface area contributed by atoms with E-state index in [9.17, 15) is 4.79 Å². The number of benzene rings is 1. The summed E-state index contributed by atoms with van der Waals surface area (Å²) in [6, 6.07) is 11.8. The lowest BCUT2D eigenvalue weighted by molar-refractivity contribution is -0.131. The van der Waals surface area contributed by atoms with Crippen molar-refractivity contribution >= 4 is 5.91 Å². The Morgan fingerprint density at radius 2 is 2.04 bits per heavy atom. The van der Waals surface area contributed by atoms with Crippen LogP contribution in [-0.4, -0.2) is 36.1 Å². The highest BCUT2D eigenvalue weighted by Crippen LogP contribution is 2.50. The second-order valence-electron chi connectivity index (χ2n) is 6.37. The predicted octanol–water partition coefficient (Wildman–Crippen LogP) is 2.61. The van der Waals surface area contributed by atoms with E-state index in [1.165, 1.54) is 0 Å². The van der Waals surface area contributed by atoms with E-state index >= 15 is 0 Å². The molecule has 0 radical (unpaired) electrons. The number of rotatable bonds is 4. The fourth-order valence-corrected chi connectivity index (χ4v) is 3.22. The Labute approximate surface area is 141 Å². The first-order chi connectivity index (χ1) is 11.7. The molecule has 1 amide bonds. The Kier molecular flexibility index (Phi) is 3.84. The minimum atomic E-state index is 0.0567. The molecule has 1 aliphatic heterocycles. The van der Waals surface area contributed by atoms with Crippen molar-refractivity contribution < 1.29 is 14.3 Å². The zero-order valence-electron chi connectivity index (χ0n) is 13.6. The summed E-state index contributed by atoms with van der Waals surface area (Å²) in [5.41, 5.74) is 2.06. The van der Waals surface area contributed by atoms with Crippen LogP contribution in [0.2, 0.25) is 0 Å². The van der Waals surface area contributed by atoms with Crippen molar-refractivity contribution in [2.75, 3.05) is 20.3 Å². The molecule has 124 valence electrons. The zero-order valence-corrected chi connectivity index (χ0v) is 13.6. The molecule has 0 bridgehead atoms. The predicted molar refractivity (Wildman–Crippen MR) is 89.0 cm³/mol. The molecular formula is C19H20N2O3. The Balaban J connectivity index is 1.41. The summed E-state index contributed by atoms with van der Waals surface area (Å²) in [5.74, 6) is 2.10. The van der Waals surface area contributed by atoms with E-state index in [0.29, 0.717) is 19.8 Å². The molecule has 0 unspecified atom stereocenters. The quantitative estimate of drug-likeness (QED) is 0.867. The summed E-state index contributed by atoms with van der Waals surface area (Å²) in [5, 5.41) is 0. The Morgan fingerprint density at radius 3 is 2.83 bits per heavy atom. The molecule has 0 N–H and O–H groups in total. The zero-order chi connectivity index (χ0) is 16.5. The molecule has 1 fully saturated rings. The van der Waals surface area contributed by atoms with Crippen LogP contribution < -0.4 is 9.47 Å². The summed E-state index contributed by atoms with van der Waals surface area (Å²) in [6.45, 7) is 1.72. The molecule has 0 spiro atoms. The van der Waals surface area contributed by atoms with Crippen LogP contribution in [0.1, 0.15) is 23.6 Å². The van der Waals surface area contributed by atoms with Gasteiger partial charge in [0.2, 0.25) is 5.91 Å². The molecule has 2 aliphatic rings. The van der Waals surface area contributed by atoms with Crippen molar-refractivity contribution in [2.24, 2.45) is 5.92 Å². The lowest BCUT2D eigenvalue weighted by Gasteiger charge is -2.19. The molecule has 2 aromatic rings. The van der Waals surface area contributed by atoms with Gasteiger partial charge < -0.3 is 14.4 Å². The number of hydrogen-bond acceptors (Lipinski definition) is 4. The molecular weight excluding hydrogens is 304 g/mol. The van der Waals surface area contributed by atoms with E-state index in [1.807, 2.05) is 43.4 Å². The highest BCUT2D eigenvalue weighted by Gasteiger charge is 2.45. The summed E-state index contributed by atoms with van der Waals surface area (Å²) in [7, 11) is 1.84. The molecule has 1 saturated carbocycles. The summed E-state index contributed by atoms with van der Waals surface area (Å²) < 4.78 is 11.2. The number of pyridine rings is 1. The van der Waals surface area contributed by atoms with Gasteiger partial charge in [-0.1, -0.05) is 12.1 Å². The normalized spacial score (nSPS) is 21.2. The van der Waals surface area contributed by atoms with Gasteiger partial charge in [-0.05, 0) is 42.2 Å². The van der Waals surface area contributed by atoms with Crippen LogP contribution in [0.15, 0.2) is 42.6 Å². The van der Waals surface area contributed by atoms with Gasteiger partial charge in [0.25, 0.3) is 0 Å². The molecule has 2 atom stereocenters. The molecule has 2 heterocycles. The van der Waals surface area contributed by atoms with Crippen LogP contribution in [0.4, 0.5) is 0 Å². The standard InChI is InChI=1S/C19H20N2O3/c1-21(12-14-4-2-3-7-20-14)19(22)16-11-15(16)13-5-6-17-18(10-13)24-9-8-23-17/h2-7,10,15-16H,8-9,11-12H2,1H3/t15-,16+/m1/s1. The molecule has 1 aromatic heterocycles. The topological polar surface area (TPSA) is 51.7 Å². The third-order valence-electron chi connectivity index (χ3n) is 4.60. The van der Waals surface area contributed by atoms with Crippen molar-refractivity contribution in [2.45, 2.75) is 18.9 Å². The van der Waals surface area contributed by atoms with Crippen molar-refractivity contribution in [3.05, 3.63) is 53.9 Å². The van der Waals surface area contributed by atoms with Crippen LogP contribution in [-0.2, 0) is 11.3 Å². The van der Waals surface area contributed by atoms with E-state index in [2.05, 4.69) is 4.98 Å². The molecule has 24 heavy (non-hydrogen) atoms. The number of carbonyl (C=O) groups excluding carboxylic acids is 1. The number of amides is 1. The maximum absolute atomic E-state index is 12.6. The largest absolute Gasteiger partial charge is 0.486 e. The molecule has 1 aliphatic carbocycles. The smallest absolute Gasteiger partial charge is 0.226 e. The number of nitrogens with zero attached hydrogens (tertiary/aromatic N) is 2. The molecule has 5 nitrogen and oxygen atoms in total. The summed E-state index contributed by atoms with van der Waals surface area (Å²) in [4.78, 5) is 18.7. The minimum absolute atomic E-state index is 0.0567. The summed E-state index contributed by atoms with van der Waals surface area (Å²) in [6.07, 6.45) is 2.65. The van der Waals surface area contributed by atoms with Gasteiger partial charge in [-0.2, -0.15) is 0 Å². The molecule has 1 aromatic carbocycles. The SMILES string of the molecule is CN(Cc1ccccn1)C(=O)[C@H]1C[C@@H]1c1ccc2c(c1)OCCO2. The highest BCUT2D eigenvalue weighted by molar-refractivity contribution is 5.82.